The summed E-state index contributed by atoms with van der Waals surface area (Å²) in [6.07, 6.45) is 0. The predicted octanol–water partition coefficient (Wildman–Crippen LogP) is 3.36. The molecule has 0 bridgehead atoms. The van der Waals surface area contributed by atoms with Gasteiger partial charge in [0.1, 0.15) is 21.9 Å². The fraction of sp³-hybridized carbons (Fsp3) is 0.182. The molecule has 0 radical (unpaired) electrons. The smallest absolute Gasteiger partial charge is 0.127 e. The number of hydrogen-bond acceptors (Lipinski definition) is 3. The third-order valence-electron chi connectivity index (χ3n) is 1.95. The highest BCUT2D eigenvalue weighted by atomic mass is 79.9. The number of halogens is 1. The molecule has 0 aliphatic rings. The molecule has 0 unspecified atom stereocenters. The number of furan rings is 1. The lowest BCUT2D eigenvalue weighted by atomic mass is 10.4. The van der Waals surface area contributed by atoms with Gasteiger partial charge in [-0.25, -0.2) is 4.98 Å². The van der Waals surface area contributed by atoms with Gasteiger partial charge >= 0.3 is 0 Å². The van der Waals surface area contributed by atoms with Crippen molar-refractivity contribution in [2.45, 2.75) is 13.5 Å². The van der Waals surface area contributed by atoms with E-state index < -0.39 is 0 Å². The minimum absolute atomic E-state index is 0.650. The predicted molar refractivity (Wildman–Crippen MR) is 62.7 cm³/mol. The van der Waals surface area contributed by atoms with Crippen LogP contribution in [-0.4, -0.2) is 4.98 Å². The molecule has 0 saturated heterocycles. The zero-order valence-electron chi connectivity index (χ0n) is 8.33. The van der Waals surface area contributed by atoms with E-state index in [0.717, 1.165) is 21.9 Å². The van der Waals surface area contributed by atoms with Gasteiger partial charge in [-0.2, -0.15) is 0 Å². The Labute approximate surface area is 96.6 Å². The van der Waals surface area contributed by atoms with Crippen molar-refractivity contribution in [3.63, 3.8) is 0 Å². The van der Waals surface area contributed by atoms with Crippen molar-refractivity contribution in [3.8, 4) is 0 Å². The SMILES string of the molecule is Cc1ccc(CNc2cccc(Br)n2)o1. The van der Waals surface area contributed by atoms with Gasteiger partial charge in [0, 0.05) is 0 Å². The van der Waals surface area contributed by atoms with Crippen molar-refractivity contribution in [2.24, 2.45) is 0 Å². The third kappa shape index (κ3) is 2.83. The minimum Gasteiger partial charge on any atom is -0.465 e. The highest BCUT2D eigenvalue weighted by Gasteiger charge is 1.99. The molecule has 78 valence electrons. The second-order valence-corrected chi connectivity index (χ2v) is 4.02. The molecule has 0 aliphatic carbocycles. The zero-order chi connectivity index (χ0) is 10.7. The normalized spacial score (nSPS) is 10.3. The first-order valence-electron chi connectivity index (χ1n) is 4.66. The fourth-order valence-electron chi connectivity index (χ4n) is 1.26. The molecular formula is C11H11BrN2O. The molecule has 2 rings (SSSR count). The highest BCUT2D eigenvalue weighted by Crippen LogP contribution is 2.12. The second-order valence-electron chi connectivity index (χ2n) is 3.21. The number of pyridine rings is 1. The summed E-state index contributed by atoms with van der Waals surface area (Å²) in [5.41, 5.74) is 0. The van der Waals surface area contributed by atoms with E-state index in [1.54, 1.807) is 0 Å². The molecule has 0 fully saturated rings. The van der Waals surface area contributed by atoms with E-state index in [1.165, 1.54) is 0 Å². The molecule has 3 nitrogen and oxygen atoms in total. The van der Waals surface area contributed by atoms with Crippen LogP contribution in [0.2, 0.25) is 0 Å². The van der Waals surface area contributed by atoms with E-state index in [9.17, 15) is 0 Å². The zero-order valence-corrected chi connectivity index (χ0v) is 9.91. The van der Waals surface area contributed by atoms with Gasteiger partial charge in [0.25, 0.3) is 0 Å². The van der Waals surface area contributed by atoms with Crippen molar-refractivity contribution < 1.29 is 4.42 Å². The number of anilines is 1. The Balaban J connectivity index is 1.99. The van der Waals surface area contributed by atoms with Gasteiger partial charge in [0.15, 0.2) is 0 Å². The van der Waals surface area contributed by atoms with Gasteiger partial charge in [-0.05, 0) is 47.1 Å². The number of nitrogens with zero attached hydrogens (tertiary/aromatic N) is 1. The Morgan fingerprint density at radius 2 is 2.20 bits per heavy atom. The Hall–Kier alpha value is -1.29. The lowest BCUT2D eigenvalue weighted by Crippen LogP contribution is -1.99. The first kappa shape index (κ1) is 10.2. The number of aromatic nitrogens is 1. The van der Waals surface area contributed by atoms with Crippen LogP contribution in [0.5, 0.6) is 0 Å². The van der Waals surface area contributed by atoms with Crippen LogP contribution in [0.1, 0.15) is 11.5 Å². The molecular weight excluding hydrogens is 256 g/mol. The maximum atomic E-state index is 5.43. The fourth-order valence-corrected chi connectivity index (χ4v) is 1.61. The van der Waals surface area contributed by atoms with Crippen molar-refractivity contribution in [3.05, 3.63) is 46.5 Å². The van der Waals surface area contributed by atoms with Crippen LogP contribution < -0.4 is 5.32 Å². The summed E-state index contributed by atoms with van der Waals surface area (Å²) in [7, 11) is 0. The summed E-state index contributed by atoms with van der Waals surface area (Å²) in [4.78, 5) is 4.26. The maximum Gasteiger partial charge on any atom is 0.127 e. The molecule has 0 atom stereocenters. The summed E-state index contributed by atoms with van der Waals surface area (Å²) >= 11 is 3.32. The molecule has 2 heterocycles. The van der Waals surface area contributed by atoms with Crippen LogP contribution in [0.15, 0.2) is 39.4 Å². The Bertz CT molecular complexity index is 453. The molecule has 0 aromatic carbocycles. The minimum atomic E-state index is 0.650. The Morgan fingerprint density at radius 3 is 2.87 bits per heavy atom. The second kappa shape index (κ2) is 4.49. The van der Waals surface area contributed by atoms with E-state index in [0.29, 0.717) is 6.54 Å². The van der Waals surface area contributed by atoms with E-state index >= 15 is 0 Å². The maximum absolute atomic E-state index is 5.43. The topological polar surface area (TPSA) is 38.1 Å². The van der Waals surface area contributed by atoms with E-state index in [4.69, 9.17) is 4.42 Å². The number of aryl methyl sites for hydroxylation is 1. The van der Waals surface area contributed by atoms with E-state index in [1.807, 2.05) is 37.3 Å². The molecule has 0 spiro atoms. The molecule has 2 aromatic heterocycles. The number of hydrogen-bond donors (Lipinski definition) is 1. The molecule has 0 aliphatic heterocycles. The first-order chi connectivity index (χ1) is 7.24. The first-order valence-corrected chi connectivity index (χ1v) is 5.45. The standard InChI is InChI=1S/C11H11BrN2O/c1-8-5-6-9(15-8)7-13-11-4-2-3-10(12)14-11/h2-6H,7H2,1H3,(H,13,14). The van der Waals surface area contributed by atoms with E-state index in [-0.39, 0.29) is 0 Å². The van der Waals surface area contributed by atoms with Crippen LogP contribution >= 0.6 is 15.9 Å². The molecule has 4 heteroatoms. The van der Waals surface area contributed by atoms with E-state index in [2.05, 4.69) is 26.2 Å². The lowest BCUT2D eigenvalue weighted by molar-refractivity contribution is 0.490. The largest absolute Gasteiger partial charge is 0.465 e. The van der Waals surface area contributed by atoms with Crippen molar-refractivity contribution in [1.82, 2.24) is 4.98 Å². The van der Waals surface area contributed by atoms with Crippen molar-refractivity contribution in [2.75, 3.05) is 5.32 Å². The summed E-state index contributed by atoms with van der Waals surface area (Å²) in [5, 5.41) is 3.18. The van der Waals surface area contributed by atoms with Gasteiger partial charge < -0.3 is 9.73 Å². The van der Waals surface area contributed by atoms with Crippen LogP contribution in [0.4, 0.5) is 5.82 Å². The lowest BCUT2D eigenvalue weighted by Gasteiger charge is -2.03. The van der Waals surface area contributed by atoms with Gasteiger partial charge in [-0.15, -0.1) is 0 Å². The molecule has 2 aromatic rings. The quantitative estimate of drug-likeness (QED) is 0.866. The molecule has 15 heavy (non-hydrogen) atoms. The number of nitrogens with one attached hydrogen (secondary N) is 1. The summed E-state index contributed by atoms with van der Waals surface area (Å²) in [6, 6.07) is 9.65. The average molecular weight is 267 g/mol. The monoisotopic (exact) mass is 266 g/mol. The summed E-state index contributed by atoms with van der Waals surface area (Å²) < 4.78 is 6.26. The van der Waals surface area contributed by atoms with Crippen LogP contribution in [0, 0.1) is 6.92 Å². The third-order valence-corrected chi connectivity index (χ3v) is 2.40. The van der Waals surface area contributed by atoms with Crippen molar-refractivity contribution >= 4 is 21.7 Å². The molecule has 0 saturated carbocycles. The van der Waals surface area contributed by atoms with Crippen LogP contribution in [-0.2, 0) is 6.54 Å². The Kier molecular flexibility index (Phi) is 3.06. The van der Waals surface area contributed by atoms with Crippen molar-refractivity contribution in [1.29, 1.82) is 0 Å². The van der Waals surface area contributed by atoms with Gasteiger partial charge in [-0.3, -0.25) is 0 Å². The van der Waals surface area contributed by atoms with Gasteiger partial charge in [0.2, 0.25) is 0 Å². The highest BCUT2D eigenvalue weighted by molar-refractivity contribution is 9.10. The number of rotatable bonds is 3. The van der Waals surface area contributed by atoms with Gasteiger partial charge in [0.05, 0.1) is 6.54 Å². The van der Waals surface area contributed by atoms with Gasteiger partial charge in [-0.1, -0.05) is 6.07 Å². The summed E-state index contributed by atoms with van der Waals surface area (Å²) in [6.45, 7) is 2.58. The molecule has 0 amide bonds. The Morgan fingerprint density at radius 1 is 1.33 bits per heavy atom. The average Bonchev–Trinajstić information content (AvgIpc) is 2.62. The van der Waals surface area contributed by atoms with Crippen LogP contribution in [0.3, 0.4) is 0 Å². The van der Waals surface area contributed by atoms with Crippen LogP contribution in [0.25, 0.3) is 0 Å². The molecule has 1 N–H and O–H groups in total. The summed E-state index contributed by atoms with van der Waals surface area (Å²) in [5.74, 6) is 2.67.